The molecule has 0 fully saturated rings. The van der Waals surface area contributed by atoms with Crippen LogP contribution in [-0.4, -0.2) is 93.4 Å². The van der Waals surface area contributed by atoms with Gasteiger partial charge in [0.25, 0.3) is 0 Å². The van der Waals surface area contributed by atoms with Crippen molar-refractivity contribution in [2.75, 3.05) is 6.54 Å². The van der Waals surface area contributed by atoms with E-state index in [1.165, 1.54) is 24.3 Å². The van der Waals surface area contributed by atoms with Gasteiger partial charge in [0.05, 0.1) is 18.0 Å². The Labute approximate surface area is 297 Å². The number of unbranched alkanes of at least 4 members (excludes halogenated alkanes) is 1. The van der Waals surface area contributed by atoms with Crippen LogP contribution in [-0.2, 0) is 40.0 Å². The minimum absolute atomic E-state index is 0.0127. The van der Waals surface area contributed by atoms with E-state index in [1.807, 2.05) is 13.8 Å². The summed E-state index contributed by atoms with van der Waals surface area (Å²) >= 11 is 0. The molecule has 1 heterocycles. The van der Waals surface area contributed by atoms with Crippen molar-refractivity contribution >= 4 is 41.4 Å². The first-order valence-corrected chi connectivity index (χ1v) is 17.2. The number of hydrogen-bond acceptors (Lipinski definition) is 10. The maximum Gasteiger partial charge on any atom is 0.306 e. The van der Waals surface area contributed by atoms with Crippen LogP contribution in [0.2, 0.25) is 0 Å². The Kier molecular flexibility index (Phi) is 17.8. The van der Waals surface area contributed by atoms with E-state index in [4.69, 9.17) is 11.5 Å². The predicted octanol–water partition coefficient (Wildman–Crippen LogP) is 0.251. The number of phenolic OH excluding ortho intramolecular Hbond substituents is 1. The molecule has 1 aromatic rings. The Morgan fingerprint density at radius 3 is 2.10 bits per heavy atom. The molecule has 2 rings (SSSR count). The van der Waals surface area contributed by atoms with Gasteiger partial charge in [0, 0.05) is 12.8 Å². The molecule has 51 heavy (non-hydrogen) atoms. The molecule has 16 nitrogen and oxygen atoms in total. The number of benzene rings is 1. The van der Waals surface area contributed by atoms with E-state index in [9.17, 15) is 48.9 Å². The van der Waals surface area contributed by atoms with Crippen LogP contribution in [0.5, 0.6) is 5.75 Å². The Morgan fingerprint density at radius 2 is 1.49 bits per heavy atom. The third-order valence-corrected chi connectivity index (χ3v) is 8.39. The van der Waals surface area contributed by atoms with Crippen molar-refractivity contribution in [2.24, 2.45) is 23.3 Å². The summed E-state index contributed by atoms with van der Waals surface area (Å²) in [5.41, 5.74) is 12.2. The summed E-state index contributed by atoms with van der Waals surface area (Å²) in [6.07, 6.45) is 3.10. The van der Waals surface area contributed by atoms with Crippen LogP contribution in [0.15, 0.2) is 36.4 Å². The highest BCUT2D eigenvalue weighted by Crippen LogP contribution is 2.19. The van der Waals surface area contributed by atoms with Crippen LogP contribution in [0.4, 0.5) is 0 Å². The number of phenols is 1. The van der Waals surface area contributed by atoms with Gasteiger partial charge >= 0.3 is 11.9 Å². The lowest BCUT2D eigenvalue weighted by Crippen LogP contribution is -2.58. The quantitative estimate of drug-likeness (QED) is 0.0775. The highest BCUT2D eigenvalue weighted by Gasteiger charge is 2.33. The smallest absolute Gasteiger partial charge is 0.306 e. The zero-order chi connectivity index (χ0) is 38.1. The summed E-state index contributed by atoms with van der Waals surface area (Å²) in [7, 11) is 0. The number of hydrogen-bond donors (Lipinski definition) is 9. The van der Waals surface area contributed by atoms with Gasteiger partial charge in [0.1, 0.15) is 23.9 Å². The average molecular weight is 717 g/mol. The fourth-order valence-corrected chi connectivity index (χ4v) is 5.55. The molecule has 1 aromatic carbocycles. The molecule has 11 N–H and O–H groups in total. The number of aromatic hydroxyl groups is 1. The van der Waals surface area contributed by atoms with Crippen molar-refractivity contribution in [3.05, 3.63) is 42.0 Å². The minimum Gasteiger partial charge on any atom is -0.508 e. The molecular formula is C35H52N6O10. The van der Waals surface area contributed by atoms with E-state index in [0.29, 0.717) is 24.9 Å². The molecule has 0 aliphatic carbocycles. The zero-order valence-electron chi connectivity index (χ0n) is 29.1. The third-order valence-electron chi connectivity index (χ3n) is 8.39. The molecular weight excluding hydrogens is 664 g/mol. The summed E-state index contributed by atoms with van der Waals surface area (Å²) < 4.78 is 0. The monoisotopic (exact) mass is 716 g/mol. The Morgan fingerprint density at radius 1 is 0.882 bits per heavy atom. The van der Waals surface area contributed by atoms with Crippen LogP contribution in [0.25, 0.3) is 0 Å². The number of nitrogens with two attached hydrogens (primary N) is 2. The maximum absolute atomic E-state index is 13.9. The lowest BCUT2D eigenvalue weighted by atomic mass is 9.89. The summed E-state index contributed by atoms with van der Waals surface area (Å²) in [4.78, 5) is 90.5. The van der Waals surface area contributed by atoms with E-state index in [-0.39, 0.29) is 56.6 Å². The van der Waals surface area contributed by atoms with Crippen LogP contribution >= 0.6 is 0 Å². The van der Waals surface area contributed by atoms with Gasteiger partial charge in [-0.15, -0.1) is 0 Å². The standard InChI is InChI=1S/C35H52N6O10/c1-20(2)17-22(35(50)51)19-29(43)28(18-21-10-12-23(42)13-11-21)41-33(48)25-8-4-3-7-24(37)31(46)38-27(14-15-30(44)45)34(49)40-26(32(47)39-25)9-5-6-16-36/h3-4,10-13,20,22,24-28,42H,5-9,14-19,36-37H2,1-2H3,(H,38,46)(H,39,47)(H,40,49)(H,41,48)(H,44,45)(H,50,51)/t22-,24+,25+,26+,27+,28+/m1/s1. The first kappa shape index (κ1) is 42.3. The number of amides is 4. The second kappa shape index (κ2) is 21.4. The highest BCUT2D eigenvalue weighted by atomic mass is 16.4. The topological polar surface area (TPSA) is 280 Å². The number of nitrogens with one attached hydrogen (secondary N) is 4. The van der Waals surface area contributed by atoms with Gasteiger partial charge in [-0.05, 0) is 81.5 Å². The van der Waals surface area contributed by atoms with Crippen molar-refractivity contribution < 1.29 is 48.9 Å². The second-order valence-corrected chi connectivity index (χ2v) is 13.2. The van der Waals surface area contributed by atoms with Gasteiger partial charge in [-0.2, -0.15) is 0 Å². The van der Waals surface area contributed by atoms with E-state index in [1.54, 1.807) is 12.1 Å². The molecule has 4 amide bonds. The zero-order valence-corrected chi connectivity index (χ0v) is 29.1. The summed E-state index contributed by atoms with van der Waals surface area (Å²) in [5.74, 6) is -6.93. The number of carboxylic acid groups (broad SMARTS) is 2. The average Bonchev–Trinajstić information content (AvgIpc) is 3.06. The number of carboxylic acids is 2. The van der Waals surface area contributed by atoms with Crippen molar-refractivity contribution in [3.63, 3.8) is 0 Å². The molecule has 1 aliphatic rings. The summed E-state index contributed by atoms with van der Waals surface area (Å²) in [5, 5.41) is 39.1. The van der Waals surface area contributed by atoms with Crippen LogP contribution in [0.3, 0.4) is 0 Å². The number of aliphatic carboxylic acids is 2. The van der Waals surface area contributed by atoms with Crippen molar-refractivity contribution in [1.29, 1.82) is 0 Å². The summed E-state index contributed by atoms with van der Waals surface area (Å²) in [6, 6.07) is -0.155. The fraction of sp³-hybridized carbons (Fsp3) is 0.571. The van der Waals surface area contributed by atoms with E-state index in [0.717, 1.165) is 0 Å². The highest BCUT2D eigenvalue weighted by molar-refractivity contribution is 5.97. The van der Waals surface area contributed by atoms with E-state index < -0.39 is 83.9 Å². The normalized spacial score (nSPS) is 21.4. The van der Waals surface area contributed by atoms with Gasteiger partial charge in [-0.3, -0.25) is 33.6 Å². The SMILES string of the molecule is CC(C)C[C@H](CC(=O)[C@H](Cc1ccc(O)cc1)NC(=O)[C@@H]1CC=CC[C@H](N)C(=O)N[C@@H](CCC(=O)O)C(=O)N[C@@H](CCCCN)C(=O)N1)C(=O)O. The number of rotatable bonds is 17. The van der Waals surface area contributed by atoms with Gasteiger partial charge < -0.3 is 48.1 Å². The second-order valence-electron chi connectivity index (χ2n) is 13.2. The van der Waals surface area contributed by atoms with Crippen molar-refractivity contribution in [3.8, 4) is 5.75 Å². The Hall–Kier alpha value is -4.83. The Balaban J connectivity index is 2.45. The lowest BCUT2D eigenvalue weighted by molar-refractivity contribution is -0.144. The molecule has 0 spiro atoms. The first-order valence-electron chi connectivity index (χ1n) is 17.2. The molecule has 6 atom stereocenters. The van der Waals surface area contributed by atoms with Crippen molar-refractivity contribution in [2.45, 2.75) is 108 Å². The van der Waals surface area contributed by atoms with E-state index in [2.05, 4.69) is 21.3 Å². The molecule has 0 bridgehead atoms. The van der Waals surface area contributed by atoms with Crippen molar-refractivity contribution in [1.82, 2.24) is 21.3 Å². The molecule has 0 radical (unpaired) electrons. The largest absolute Gasteiger partial charge is 0.508 e. The third kappa shape index (κ3) is 15.3. The minimum atomic E-state index is -1.31. The van der Waals surface area contributed by atoms with Gasteiger partial charge in [0.2, 0.25) is 23.6 Å². The van der Waals surface area contributed by atoms with Gasteiger partial charge in [-0.25, -0.2) is 0 Å². The molecule has 16 heteroatoms. The molecule has 0 unspecified atom stereocenters. The summed E-state index contributed by atoms with van der Waals surface area (Å²) in [6.45, 7) is 3.98. The van der Waals surface area contributed by atoms with Crippen LogP contribution in [0.1, 0.15) is 77.2 Å². The lowest BCUT2D eigenvalue weighted by Gasteiger charge is -2.27. The first-order chi connectivity index (χ1) is 24.1. The molecule has 282 valence electrons. The molecule has 0 aromatic heterocycles. The van der Waals surface area contributed by atoms with E-state index >= 15 is 0 Å². The number of carbonyl (C=O) groups excluding carboxylic acids is 5. The van der Waals surface area contributed by atoms with Gasteiger partial charge in [-0.1, -0.05) is 38.1 Å². The number of carbonyl (C=O) groups is 7. The number of Topliss-reactive ketones (excluding diaryl/α,β-unsaturated/α-hetero) is 1. The maximum atomic E-state index is 13.9. The molecule has 1 aliphatic heterocycles. The van der Waals surface area contributed by atoms with Crippen LogP contribution in [0, 0.1) is 11.8 Å². The fourth-order valence-electron chi connectivity index (χ4n) is 5.55. The molecule has 0 saturated carbocycles. The predicted molar refractivity (Wildman–Crippen MR) is 186 cm³/mol. The number of ketones is 1. The Bertz CT molecular complexity index is 1400. The van der Waals surface area contributed by atoms with Crippen LogP contribution < -0.4 is 32.7 Å². The van der Waals surface area contributed by atoms with Gasteiger partial charge in [0.15, 0.2) is 5.78 Å². The molecule has 0 saturated heterocycles.